The van der Waals surface area contributed by atoms with E-state index in [4.69, 9.17) is 4.74 Å². The maximum atomic E-state index is 12.5. The highest BCUT2D eigenvalue weighted by Gasteiger charge is 2.25. The van der Waals surface area contributed by atoms with Gasteiger partial charge < -0.3 is 9.64 Å². The van der Waals surface area contributed by atoms with Crippen molar-refractivity contribution in [2.45, 2.75) is 26.5 Å². The average molecular weight is 400 g/mol. The summed E-state index contributed by atoms with van der Waals surface area (Å²) in [6, 6.07) is 17.7. The Hall–Kier alpha value is -2.60. The van der Waals surface area contributed by atoms with E-state index in [2.05, 4.69) is 0 Å². The molecule has 0 N–H and O–H groups in total. The lowest BCUT2D eigenvalue weighted by molar-refractivity contribution is -0.132. The number of rotatable bonds is 8. The number of amides is 1. The summed E-state index contributed by atoms with van der Waals surface area (Å²) in [7, 11) is -3.13. The van der Waals surface area contributed by atoms with Gasteiger partial charge >= 0.3 is 0 Å². The van der Waals surface area contributed by atoms with Crippen molar-refractivity contribution < 1.29 is 17.9 Å². The summed E-state index contributed by atoms with van der Waals surface area (Å²) >= 11 is 0. The zero-order valence-corrected chi connectivity index (χ0v) is 16.8. The third kappa shape index (κ3) is 5.70. The molecule has 2 aromatic carbocycles. The fourth-order valence-corrected chi connectivity index (χ4v) is 4.55. The zero-order valence-electron chi connectivity index (χ0n) is 16.0. The largest absolute Gasteiger partial charge is 0.489 e. The van der Waals surface area contributed by atoms with E-state index < -0.39 is 9.84 Å². The van der Waals surface area contributed by atoms with Crippen molar-refractivity contribution in [2.24, 2.45) is 5.92 Å². The molecular weight excluding hydrogens is 374 g/mol. The molecule has 2 aromatic rings. The first-order valence-corrected chi connectivity index (χ1v) is 11.1. The molecule has 1 amide bonds. The van der Waals surface area contributed by atoms with Crippen LogP contribution in [0.4, 0.5) is 0 Å². The molecule has 1 heterocycles. The SMILES string of the molecule is CCN(Cc1ccc(OCc2ccccc2)cc1)C(=O)C[C@@H]1C=CS(=O)(=O)C1. The summed E-state index contributed by atoms with van der Waals surface area (Å²) in [4.78, 5) is 14.3. The number of benzene rings is 2. The standard InChI is InChI=1S/C22H25NO4S/c1-2-23(22(24)14-20-12-13-28(25,26)17-20)15-18-8-10-21(11-9-18)27-16-19-6-4-3-5-7-19/h3-13,20H,2,14-17H2,1H3/t20-/m0/s1. The summed E-state index contributed by atoms with van der Waals surface area (Å²) in [5.41, 5.74) is 2.12. The Labute approximate surface area is 166 Å². The lowest BCUT2D eigenvalue weighted by Gasteiger charge is -2.22. The van der Waals surface area contributed by atoms with E-state index in [1.54, 1.807) is 11.0 Å². The van der Waals surface area contributed by atoms with Gasteiger partial charge in [0, 0.05) is 30.8 Å². The summed E-state index contributed by atoms with van der Waals surface area (Å²) in [6.45, 7) is 3.51. The predicted molar refractivity (Wildman–Crippen MR) is 109 cm³/mol. The second kappa shape index (κ2) is 9.06. The van der Waals surface area contributed by atoms with Gasteiger partial charge in [0.2, 0.25) is 5.91 Å². The van der Waals surface area contributed by atoms with Gasteiger partial charge in [-0.15, -0.1) is 0 Å². The minimum atomic E-state index is -3.13. The second-order valence-electron chi connectivity index (χ2n) is 6.95. The smallest absolute Gasteiger partial charge is 0.223 e. The van der Waals surface area contributed by atoms with Crippen LogP contribution in [0.15, 0.2) is 66.1 Å². The van der Waals surface area contributed by atoms with Crippen LogP contribution < -0.4 is 4.74 Å². The van der Waals surface area contributed by atoms with Gasteiger partial charge in [-0.2, -0.15) is 0 Å². The molecule has 28 heavy (non-hydrogen) atoms. The molecule has 6 heteroatoms. The third-order valence-corrected chi connectivity index (χ3v) is 6.19. The molecule has 1 aliphatic rings. The van der Waals surface area contributed by atoms with Crippen LogP contribution in [0.2, 0.25) is 0 Å². The lowest BCUT2D eigenvalue weighted by Crippen LogP contribution is -2.31. The van der Waals surface area contributed by atoms with Crippen LogP contribution in [-0.2, 0) is 27.8 Å². The van der Waals surface area contributed by atoms with Gasteiger partial charge in [-0.3, -0.25) is 4.79 Å². The van der Waals surface area contributed by atoms with Crippen LogP contribution in [0.3, 0.4) is 0 Å². The van der Waals surface area contributed by atoms with E-state index in [1.165, 1.54) is 5.41 Å². The van der Waals surface area contributed by atoms with Gasteiger partial charge in [-0.05, 0) is 30.2 Å². The molecule has 1 atom stereocenters. The van der Waals surface area contributed by atoms with Crippen molar-refractivity contribution in [3.63, 3.8) is 0 Å². The van der Waals surface area contributed by atoms with E-state index >= 15 is 0 Å². The molecule has 0 saturated heterocycles. The molecule has 1 aliphatic heterocycles. The van der Waals surface area contributed by atoms with Gasteiger partial charge in [0.05, 0.1) is 5.75 Å². The van der Waals surface area contributed by atoms with Crippen molar-refractivity contribution in [1.82, 2.24) is 4.90 Å². The lowest BCUT2D eigenvalue weighted by atomic mass is 10.1. The summed E-state index contributed by atoms with van der Waals surface area (Å²) in [6.07, 6.45) is 1.85. The van der Waals surface area contributed by atoms with Gasteiger partial charge in [0.15, 0.2) is 9.84 Å². The number of hydrogen-bond donors (Lipinski definition) is 0. The molecule has 3 rings (SSSR count). The summed E-state index contributed by atoms with van der Waals surface area (Å²) < 4.78 is 28.8. The van der Waals surface area contributed by atoms with Gasteiger partial charge in [-0.1, -0.05) is 48.5 Å². The van der Waals surface area contributed by atoms with Crippen molar-refractivity contribution in [3.8, 4) is 5.75 Å². The van der Waals surface area contributed by atoms with E-state index in [9.17, 15) is 13.2 Å². The number of sulfone groups is 1. The van der Waals surface area contributed by atoms with Gasteiger partial charge in [0.25, 0.3) is 0 Å². The minimum Gasteiger partial charge on any atom is -0.489 e. The van der Waals surface area contributed by atoms with Crippen LogP contribution in [0.25, 0.3) is 0 Å². The van der Waals surface area contributed by atoms with Crippen molar-refractivity contribution in [2.75, 3.05) is 12.3 Å². The molecule has 5 nitrogen and oxygen atoms in total. The zero-order chi connectivity index (χ0) is 20.0. The number of hydrogen-bond acceptors (Lipinski definition) is 4. The van der Waals surface area contributed by atoms with Crippen molar-refractivity contribution in [1.29, 1.82) is 0 Å². The maximum absolute atomic E-state index is 12.5. The Morgan fingerprint density at radius 2 is 1.79 bits per heavy atom. The van der Waals surface area contributed by atoms with E-state index in [0.29, 0.717) is 19.7 Å². The molecule has 0 radical (unpaired) electrons. The fourth-order valence-electron chi connectivity index (χ4n) is 3.15. The van der Waals surface area contributed by atoms with E-state index in [0.717, 1.165) is 16.9 Å². The Bertz CT molecular complexity index is 921. The molecule has 148 valence electrons. The normalized spacial score (nSPS) is 17.4. The summed E-state index contributed by atoms with van der Waals surface area (Å²) in [5, 5.41) is 1.22. The molecular formula is C22H25NO4S. The molecule has 0 bridgehead atoms. The molecule has 0 fully saturated rings. The third-order valence-electron chi connectivity index (χ3n) is 4.72. The van der Waals surface area contributed by atoms with Crippen LogP contribution in [-0.4, -0.2) is 31.5 Å². The Balaban J connectivity index is 1.52. The molecule has 0 spiro atoms. The highest BCUT2D eigenvalue weighted by Crippen LogP contribution is 2.20. The van der Waals surface area contributed by atoms with E-state index in [1.807, 2.05) is 61.5 Å². The molecule has 0 aromatic heterocycles. The number of carbonyl (C=O) groups is 1. The highest BCUT2D eigenvalue weighted by atomic mass is 32.2. The Kier molecular flexibility index (Phi) is 6.52. The maximum Gasteiger partial charge on any atom is 0.223 e. The van der Waals surface area contributed by atoms with E-state index in [-0.39, 0.29) is 24.0 Å². The second-order valence-corrected chi connectivity index (χ2v) is 8.88. The number of allylic oxidation sites excluding steroid dienone is 1. The van der Waals surface area contributed by atoms with Crippen LogP contribution >= 0.6 is 0 Å². The van der Waals surface area contributed by atoms with Gasteiger partial charge in [0.1, 0.15) is 12.4 Å². The topological polar surface area (TPSA) is 63.7 Å². The van der Waals surface area contributed by atoms with Crippen LogP contribution in [0.5, 0.6) is 5.75 Å². The minimum absolute atomic E-state index is 0.0290. The summed E-state index contributed by atoms with van der Waals surface area (Å²) in [5.74, 6) is 0.561. The van der Waals surface area contributed by atoms with Crippen molar-refractivity contribution in [3.05, 3.63) is 77.2 Å². The van der Waals surface area contributed by atoms with Gasteiger partial charge in [-0.25, -0.2) is 8.42 Å². The Morgan fingerprint density at radius 1 is 1.07 bits per heavy atom. The number of nitrogens with zero attached hydrogens (tertiary/aromatic N) is 1. The Morgan fingerprint density at radius 3 is 2.39 bits per heavy atom. The molecule has 0 aliphatic carbocycles. The van der Waals surface area contributed by atoms with Crippen molar-refractivity contribution >= 4 is 15.7 Å². The average Bonchev–Trinajstić information content (AvgIpc) is 3.04. The van der Waals surface area contributed by atoms with Crippen LogP contribution in [0, 0.1) is 5.92 Å². The molecule has 0 saturated carbocycles. The number of ether oxygens (including phenoxy) is 1. The molecule has 0 unspecified atom stereocenters. The number of carbonyl (C=O) groups excluding carboxylic acids is 1. The first kappa shape index (κ1) is 20.1. The van der Waals surface area contributed by atoms with Crippen LogP contribution in [0.1, 0.15) is 24.5 Å². The predicted octanol–water partition coefficient (Wildman–Crippen LogP) is 3.56. The first-order chi connectivity index (χ1) is 13.4. The quantitative estimate of drug-likeness (QED) is 0.681. The monoisotopic (exact) mass is 399 g/mol. The highest BCUT2D eigenvalue weighted by molar-refractivity contribution is 7.94. The first-order valence-electron chi connectivity index (χ1n) is 9.39. The fraction of sp³-hybridized carbons (Fsp3) is 0.318.